The molecule has 1 aliphatic heterocycles. The van der Waals surface area contributed by atoms with Gasteiger partial charge in [0, 0.05) is 18.7 Å². The van der Waals surface area contributed by atoms with E-state index in [0.29, 0.717) is 30.0 Å². The second kappa shape index (κ2) is 8.84. The number of ether oxygens (including phenoxy) is 1. The molecule has 1 heterocycles. The number of carbonyl (C=O) groups excluding carboxylic acids is 2. The SMILES string of the molecule is CCN(c1ccccc1)S(=O)(=O)c1cccc(C(=O)Oc2ccc3c(c2)CCC(=O)N3)c1. The molecular weight excluding hydrogens is 428 g/mol. The number of nitrogens with zero attached hydrogens (tertiary/aromatic N) is 1. The number of aryl methyl sites for hydroxylation is 1. The van der Waals surface area contributed by atoms with Crippen molar-refractivity contribution >= 4 is 33.3 Å². The molecule has 4 rings (SSSR count). The molecule has 8 heteroatoms. The van der Waals surface area contributed by atoms with Crippen LogP contribution in [0.15, 0.2) is 77.7 Å². The van der Waals surface area contributed by atoms with Crippen molar-refractivity contribution in [2.75, 3.05) is 16.2 Å². The molecule has 164 valence electrons. The van der Waals surface area contributed by atoms with E-state index in [-0.39, 0.29) is 22.9 Å². The Balaban J connectivity index is 1.57. The highest BCUT2D eigenvalue weighted by molar-refractivity contribution is 7.92. The van der Waals surface area contributed by atoms with Gasteiger partial charge in [-0.3, -0.25) is 9.10 Å². The Morgan fingerprint density at radius 1 is 1.00 bits per heavy atom. The van der Waals surface area contributed by atoms with Crippen LogP contribution in [0.1, 0.15) is 29.3 Å². The van der Waals surface area contributed by atoms with Gasteiger partial charge in [0.05, 0.1) is 16.1 Å². The van der Waals surface area contributed by atoms with E-state index in [4.69, 9.17) is 4.74 Å². The topological polar surface area (TPSA) is 92.8 Å². The Labute approximate surface area is 186 Å². The lowest BCUT2D eigenvalue weighted by Crippen LogP contribution is -2.30. The third kappa shape index (κ3) is 4.36. The summed E-state index contributed by atoms with van der Waals surface area (Å²) in [6, 6.07) is 19.6. The zero-order valence-corrected chi connectivity index (χ0v) is 18.3. The van der Waals surface area contributed by atoms with Crippen molar-refractivity contribution in [3.63, 3.8) is 0 Å². The number of hydrogen-bond donors (Lipinski definition) is 1. The molecule has 0 aromatic heterocycles. The molecule has 0 saturated heterocycles. The minimum atomic E-state index is -3.87. The Morgan fingerprint density at radius 3 is 2.53 bits per heavy atom. The van der Waals surface area contributed by atoms with Crippen molar-refractivity contribution in [1.29, 1.82) is 0 Å². The van der Waals surface area contributed by atoms with Gasteiger partial charge in [-0.05, 0) is 67.4 Å². The summed E-state index contributed by atoms with van der Waals surface area (Å²) in [7, 11) is -3.87. The van der Waals surface area contributed by atoms with Crippen molar-refractivity contribution in [1.82, 2.24) is 0 Å². The van der Waals surface area contributed by atoms with Crippen LogP contribution >= 0.6 is 0 Å². The van der Waals surface area contributed by atoms with Crippen molar-refractivity contribution in [3.05, 3.63) is 83.9 Å². The molecule has 0 atom stereocenters. The van der Waals surface area contributed by atoms with Gasteiger partial charge in [0.2, 0.25) is 5.91 Å². The van der Waals surface area contributed by atoms with E-state index in [1.807, 2.05) is 6.07 Å². The van der Waals surface area contributed by atoms with Gasteiger partial charge in [-0.1, -0.05) is 24.3 Å². The Hall–Kier alpha value is -3.65. The fourth-order valence-electron chi connectivity index (χ4n) is 3.59. The van der Waals surface area contributed by atoms with Gasteiger partial charge in [0.25, 0.3) is 10.0 Å². The van der Waals surface area contributed by atoms with Gasteiger partial charge in [0.15, 0.2) is 0 Å². The molecule has 3 aromatic carbocycles. The van der Waals surface area contributed by atoms with Crippen LogP contribution in [-0.2, 0) is 21.2 Å². The number of nitrogens with one attached hydrogen (secondary N) is 1. The Kier molecular flexibility index (Phi) is 5.96. The van der Waals surface area contributed by atoms with Gasteiger partial charge >= 0.3 is 5.97 Å². The van der Waals surface area contributed by atoms with Crippen molar-refractivity contribution in [3.8, 4) is 5.75 Å². The van der Waals surface area contributed by atoms with Crippen LogP contribution < -0.4 is 14.4 Å². The van der Waals surface area contributed by atoms with E-state index in [1.165, 1.54) is 28.6 Å². The van der Waals surface area contributed by atoms with E-state index >= 15 is 0 Å². The minimum absolute atomic E-state index is 0.00538. The second-order valence-electron chi connectivity index (χ2n) is 7.29. The molecule has 0 saturated carbocycles. The van der Waals surface area contributed by atoms with Gasteiger partial charge in [-0.2, -0.15) is 0 Å². The van der Waals surface area contributed by atoms with Crippen molar-refractivity contribution < 1.29 is 22.7 Å². The highest BCUT2D eigenvalue weighted by Crippen LogP contribution is 2.28. The smallest absolute Gasteiger partial charge is 0.343 e. The van der Waals surface area contributed by atoms with E-state index in [2.05, 4.69) is 5.32 Å². The molecule has 0 radical (unpaired) electrons. The monoisotopic (exact) mass is 450 g/mol. The van der Waals surface area contributed by atoms with Crippen LogP contribution in [0, 0.1) is 0 Å². The number of fused-ring (bicyclic) bond motifs is 1. The minimum Gasteiger partial charge on any atom is -0.423 e. The number of carbonyl (C=O) groups is 2. The largest absolute Gasteiger partial charge is 0.423 e. The van der Waals surface area contributed by atoms with E-state index in [9.17, 15) is 18.0 Å². The molecule has 0 unspecified atom stereocenters. The van der Waals surface area contributed by atoms with E-state index < -0.39 is 16.0 Å². The highest BCUT2D eigenvalue weighted by atomic mass is 32.2. The molecule has 1 amide bonds. The summed E-state index contributed by atoms with van der Waals surface area (Å²) >= 11 is 0. The molecule has 1 N–H and O–H groups in total. The molecule has 0 aliphatic carbocycles. The van der Waals surface area contributed by atoms with Gasteiger partial charge in [-0.25, -0.2) is 13.2 Å². The molecule has 3 aromatic rings. The van der Waals surface area contributed by atoms with Crippen LogP contribution in [0.2, 0.25) is 0 Å². The van der Waals surface area contributed by atoms with Gasteiger partial charge in [0.1, 0.15) is 5.75 Å². The average Bonchev–Trinajstić information content (AvgIpc) is 2.80. The summed E-state index contributed by atoms with van der Waals surface area (Å²) in [4.78, 5) is 24.2. The average molecular weight is 451 g/mol. The molecule has 7 nitrogen and oxygen atoms in total. The summed E-state index contributed by atoms with van der Waals surface area (Å²) in [6.07, 6.45) is 0.937. The van der Waals surface area contributed by atoms with Crippen LogP contribution in [-0.4, -0.2) is 26.8 Å². The Bertz CT molecular complexity index is 1270. The zero-order valence-electron chi connectivity index (χ0n) is 17.4. The van der Waals surface area contributed by atoms with E-state index in [1.54, 1.807) is 49.4 Å². The van der Waals surface area contributed by atoms with Crippen LogP contribution in [0.4, 0.5) is 11.4 Å². The predicted molar refractivity (Wildman–Crippen MR) is 121 cm³/mol. The van der Waals surface area contributed by atoms with Crippen molar-refractivity contribution in [2.45, 2.75) is 24.7 Å². The second-order valence-corrected chi connectivity index (χ2v) is 9.15. The van der Waals surface area contributed by atoms with E-state index in [0.717, 1.165) is 5.56 Å². The summed E-state index contributed by atoms with van der Waals surface area (Å²) in [5.41, 5.74) is 2.26. The molecule has 32 heavy (non-hydrogen) atoms. The van der Waals surface area contributed by atoms with Crippen LogP contribution in [0.3, 0.4) is 0 Å². The summed E-state index contributed by atoms with van der Waals surface area (Å²) < 4.78 is 33.2. The molecule has 0 bridgehead atoms. The predicted octanol–water partition coefficient (Wildman–Crippen LogP) is 4.01. The summed E-state index contributed by atoms with van der Waals surface area (Å²) in [5.74, 6) is -0.376. The van der Waals surface area contributed by atoms with Crippen LogP contribution in [0.25, 0.3) is 0 Å². The fourth-order valence-corrected chi connectivity index (χ4v) is 5.11. The fraction of sp³-hybridized carbons (Fsp3) is 0.167. The van der Waals surface area contributed by atoms with Crippen molar-refractivity contribution in [2.24, 2.45) is 0 Å². The first kappa shape index (κ1) is 21.6. The molecule has 0 spiro atoms. The van der Waals surface area contributed by atoms with Crippen LogP contribution in [0.5, 0.6) is 5.75 Å². The number of hydrogen-bond acceptors (Lipinski definition) is 5. The molecule has 1 aliphatic rings. The number of esters is 1. The molecule has 0 fully saturated rings. The zero-order chi connectivity index (χ0) is 22.7. The number of benzene rings is 3. The summed E-state index contributed by atoms with van der Waals surface area (Å²) in [5, 5.41) is 2.77. The normalized spacial score (nSPS) is 13.1. The van der Waals surface area contributed by atoms with Gasteiger partial charge < -0.3 is 10.1 Å². The number of anilines is 2. The molecular formula is C24H22N2O5S. The maximum Gasteiger partial charge on any atom is 0.343 e. The highest BCUT2D eigenvalue weighted by Gasteiger charge is 2.25. The quantitative estimate of drug-likeness (QED) is 0.453. The lowest BCUT2D eigenvalue weighted by Gasteiger charge is -2.23. The third-order valence-electron chi connectivity index (χ3n) is 5.17. The maximum absolute atomic E-state index is 13.2. The first-order chi connectivity index (χ1) is 15.4. The lowest BCUT2D eigenvalue weighted by molar-refractivity contribution is -0.116. The standard InChI is InChI=1S/C24H22N2O5S/c1-2-26(19-8-4-3-5-9-19)32(29,30)21-10-6-7-18(16-21)24(28)31-20-12-13-22-17(15-20)11-14-23(27)25-22/h3-10,12-13,15-16H,2,11,14H2,1H3,(H,25,27). The third-order valence-corrected chi connectivity index (χ3v) is 7.07. The first-order valence-electron chi connectivity index (χ1n) is 10.2. The van der Waals surface area contributed by atoms with Gasteiger partial charge in [-0.15, -0.1) is 0 Å². The number of amides is 1. The number of sulfonamides is 1. The summed E-state index contributed by atoms with van der Waals surface area (Å²) in [6.45, 7) is 1.99. The number of rotatable bonds is 6. The maximum atomic E-state index is 13.2. The lowest BCUT2D eigenvalue weighted by atomic mass is 10.0. The Morgan fingerprint density at radius 2 is 1.78 bits per heavy atom. The number of para-hydroxylation sites is 1. The first-order valence-corrected chi connectivity index (χ1v) is 11.7.